The molecule has 25 heavy (non-hydrogen) atoms. The van der Waals surface area contributed by atoms with E-state index in [-0.39, 0.29) is 12.1 Å². The van der Waals surface area contributed by atoms with Crippen molar-refractivity contribution in [2.75, 3.05) is 24.5 Å². The van der Waals surface area contributed by atoms with Crippen LogP contribution in [0.4, 0.5) is 10.5 Å². The second-order valence-corrected chi connectivity index (χ2v) is 7.38. The molecule has 1 aromatic rings. The van der Waals surface area contributed by atoms with Gasteiger partial charge in [-0.1, -0.05) is 25.5 Å². The van der Waals surface area contributed by atoms with E-state index >= 15 is 0 Å². The molecule has 1 aliphatic heterocycles. The van der Waals surface area contributed by atoms with Crippen molar-refractivity contribution in [2.45, 2.75) is 52.2 Å². The Morgan fingerprint density at radius 2 is 1.92 bits per heavy atom. The van der Waals surface area contributed by atoms with Crippen LogP contribution in [-0.4, -0.2) is 53.3 Å². The molecule has 0 aromatic heterocycles. The number of anilines is 1. The zero-order chi connectivity index (χ0) is 18.6. The molecular formula is C19H28N2O4. The maximum Gasteiger partial charge on any atom is 0.410 e. The lowest BCUT2D eigenvalue weighted by atomic mass is 10.0. The average molecular weight is 348 g/mol. The molecule has 1 fully saturated rings. The van der Waals surface area contributed by atoms with E-state index in [1.54, 1.807) is 17.0 Å². The van der Waals surface area contributed by atoms with E-state index in [0.717, 1.165) is 18.5 Å². The smallest absolute Gasteiger partial charge is 0.410 e. The van der Waals surface area contributed by atoms with Crippen LogP contribution in [0, 0.1) is 0 Å². The number of carboxylic acid groups (broad SMARTS) is 1. The van der Waals surface area contributed by atoms with Crippen molar-refractivity contribution in [3.8, 4) is 0 Å². The number of benzene rings is 1. The molecule has 0 saturated carbocycles. The van der Waals surface area contributed by atoms with Crippen molar-refractivity contribution < 1.29 is 19.4 Å². The first-order valence-corrected chi connectivity index (χ1v) is 8.80. The zero-order valence-corrected chi connectivity index (χ0v) is 15.5. The van der Waals surface area contributed by atoms with Gasteiger partial charge in [0, 0.05) is 25.7 Å². The van der Waals surface area contributed by atoms with Gasteiger partial charge in [0.2, 0.25) is 0 Å². The number of para-hydroxylation sites is 1. The third-order valence-electron chi connectivity index (χ3n) is 4.20. The summed E-state index contributed by atoms with van der Waals surface area (Å²) in [5, 5.41) is 9.47. The monoisotopic (exact) mass is 348 g/mol. The van der Waals surface area contributed by atoms with Crippen molar-refractivity contribution in [1.29, 1.82) is 0 Å². The molecule has 6 heteroatoms. The molecule has 6 nitrogen and oxygen atoms in total. The van der Waals surface area contributed by atoms with Crippen molar-refractivity contribution >= 4 is 17.7 Å². The number of carbonyl (C=O) groups is 2. The summed E-state index contributed by atoms with van der Waals surface area (Å²) in [6, 6.07) is 7.13. The Bertz CT molecular complexity index is 624. The van der Waals surface area contributed by atoms with E-state index < -0.39 is 11.6 Å². The Balaban J connectivity index is 2.20. The largest absolute Gasteiger partial charge is 0.478 e. The first kappa shape index (κ1) is 19.1. The summed E-state index contributed by atoms with van der Waals surface area (Å²) in [6.45, 7) is 9.30. The summed E-state index contributed by atoms with van der Waals surface area (Å²) in [5.74, 6) is -0.930. The van der Waals surface area contributed by atoms with Gasteiger partial charge in [-0.25, -0.2) is 9.59 Å². The number of rotatable bonds is 4. The van der Waals surface area contributed by atoms with Gasteiger partial charge in [0.15, 0.2) is 0 Å². The molecule has 0 bridgehead atoms. The molecule has 0 unspecified atom stereocenters. The van der Waals surface area contributed by atoms with E-state index in [1.807, 2.05) is 32.9 Å². The van der Waals surface area contributed by atoms with Crippen molar-refractivity contribution in [3.63, 3.8) is 0 Å². The first-order chi connectivity index (χ1) is 11.7. The van der Waals surface area contributed by atoms with Gasteiger partial charge in [0.05, 0.1) is 11.3 Å². The highest BCUT2D eigenvalue weighted by atomic mass is 16.6. The highest BCUT2D eigenvalue weighted by molar-refractivity contribution is 5.94. The van der Waals surface area contributed by atoms with Crippen LogP contribution in [0.2, 0.25) is 0 Å². The van der Waals surface area contributed by atoms with Gasteiger partial charge >= 0.3 is 12.1 Å². The number of amides is 1. The molecule has 1 amide bonds. The Morgan fingerprint density at radius 1 is 1.24 bits per heavy atom. The topological polar surface area (TPSA) is 70.1 Å². The molecule has 0 aliphatic carbocycles. The predicted octanol–water partition coefficient (Wildman–Crippen LogP) is 3.61. The molecule has 1 heterocycles. The number of ether oxygens (including phenoxy) is 1. The molecule has 2 rings (SSSR count). The van der Waals surface area contributed by atoms with E-state index in [1.165, 1.54) is 0 Å². The van der Waals surface area contributed by atoms with Crippen LogP contribution in [0.25, 0.3) is 0 Å². The van der Waals surface area contributed by atoms with Crippen LogP contribution in [-0.2, 0) is 4.74 Å². The molecule has 138 valence electrons. The van der Waals surface area contributed by atoms with E-state index in [4.69, 9.17) is 4.74 Å². The fourth-order valence-corrected chi connectivity index (χ4v) is 3.15. The summed E-state index contributed by atoms with van der Waals surface area (Å²) < 4.78 is 5.48. The van der Waals surface area contributed by atoms with Gasteiger partial charge in [0.1, 0.15) is 5.60 Å². The lowest BCUT2D eigenvalue weighted by Crippen LogP contribution is -2.56. The Kier molecular flexibility index (Phi) is 5.93. The minimum absolute atomic E-state index is 0.0757. The zero-order valence-electron chi connectivity index (χ0n) is 15.5. The molecule has 1 atom stereocenters. The lowest BCUT2D eigenvalue weighted by Gasteiger charge is -2.43. The van der Waals surface area contributed by atoms with Gasteiger partial charge in [-0.05, 0) is 39.3 Å². The quantitative estimate of drug-likeness (QED) is 0.900. The van der Waals surface area contributed by atoms with Crippen LogP contribution >= 0.6 is 0 Å². The average Bonchev–Trinajstić information content (AvgIpc) is 2.53. The van der Waals surface area contributed by atoms with Crippen molar-refractivity contribution in [1.82, 2.24) is 4.90 Å². The summed E-state index contributed by atoms with van der Waals surface area (Å²) in [5.41, 5.74) is 0.497. The van der Waals surface area contributed by atoms with Gasteiger partial charge in [-0.2, -0.15) is 0 Å². The maximum absolute atomic E-state index is 12.4. The Morgan fingerprint density at radius 3 is 2.52 bits per heavy atom. The number of hydrogen-bond acceptors (Lipinski definition) is 4. The maximum atomic E-state index is 12.4. The summed E-state index contributed by atoms with van der Waals surface area (Å²) in [6.07, 6.45) is 1.53. The number of carbonyl (C=O) groups excluding carboxylic acids is 1. The SMILES string of the molecule is CCC[C@@H]1CN(C(=O)OC(C)(C)C)CCN1c1ccccc1C(=O)O. The number of nitrogens with zero attached hydrogens (tertiary/aromatic N) is 2. The number of hydrogen-bond donors (Lipinski definition) is 1. The fraction of sp³-hybridized carbons (Fsp3) is 0.579. The lowest BCUT2D eigenvalue weighted by molar-refractivity contribution is 0.0211. The van der Waals surface area contributed by atoms with E-state index in [0.29, 0.717) is 25.2 Å². The molecule has 1 saturated heterocycles. The molecule has 1 N–H and O–H groups in total. The third kappa shape index (κ3) is 4.87. The van der Waals surface area contributed by atoms with Crippen LogP contribution in [0.1, 0.15) is 50.9 Å². The van der Waals surface area contributed by atoms with Gasteiger partial charge in [0.25, 0.3) is 0 Å². The number of aromatic carboxylic acids is 1. The molecule has 1 aromatic carbocycles. The second kappa shape index (κ2) is 7.76. The van der Waals surface area contributed by atoms with Crippen LogP contribution in [0.5, 0.6) is 0 Å². The summed E-state index contributed by atoms with van der Waals surface area (Å²) in [4.78, 5) is 27.8. The normalized spacial score (nSPS) is 18.2. The highest BCUT2D eigenvalue weighted by Gasteiger charge is 2.33. The van der Waals surface area contributed by atoms with Crippen molar-refractivity contribution in [2.24, 2.45) is 0 Å². The minimum atomic E-state index is -0.930. The van der Waals surface area contributed by atoms with E-state index in [2.05, 4.69) is 11.8 Å². The predicted molar refractivity (Wildman–Crippen MR) is 97.3 cm³/mol. The minimum Gasteiger partial charge on any atom is -0.478 e. The summed E-state index contributed by atoms with van der Waals surface area (Å²) in [7, 11) is 0. The van der Waals surface area contributed by atoms with Crippen LogP contribution in [0.15, 0.2) is 24.3 Å². The molecular weight excluding hydrogens is 320 g/mol. The molecule has 1 aliphatic rings. The standard InChI is InChI=1S/C19H28N2O4/c1-5-8-14-13-20(18(24)25-19(2,3)4)11-12-21(14)16-10-7-6-9-15(16)17(22)23/h6-7,9-10,14H,5,8,11-13H2,1-4H3,(H,22,23)/t14-/m1/s1. The Hall–Kier alpha value is -2.24. The second-order valence-electron chi connectivity index (χ2n) is 7.38. The fourth-order valence-electron chi connectivity index (χ4n) is 3.15. The van der Waals surface area contributed by atoms with Crippen molar-refractivity contribution in [3.05, 3.63) is 29.8 Å². The number of piperazine rings is 1. The van der Waals surface area contributed by atoms with Gasteiger partial charge < -0.3 is 19.6 Å². The van der Waals surface area contributed by atoms with Crippen LogP contribution in [0.3, 0.4) is 0 Å². The number of carboxylic acids is 1. The van der Waals surface area contributed by atoms with E-state index in [9.17, 15) is 14.7 Å². The highest BCUT2D eigenvalue weighted by Crippen LogP contribution is 2.27. The first-order valence-electron chi connectivity index (χ1n) is 8.80. The Labute approximate surface area is 149 Å². The van der Waals surface area contributed by atoms with Crippen LogP contribution < -0.4 is 4.90 Å². The third-order valence-corrected chi connectivity index (χ3v) is 4.20. The molecule has 0 radical (unpaired) electrons. The summed E-state index contributed by atoms with van der Waals surface area (Å²) >= 11 is 0. The van der Waals surface area contributed by atoms with Gasteiger partial charge in [-0.3, -0.25) is 0 Å². The van der Waals surface area contributed by atoms with Gasteiger partial charge in [-0.15, -0.1) is 0 Å². The molecule has 0 spiro atoms.